The van der Waals surface area contributed by atoms with Crippen molar-refractivity contribution in [2.75, 3.05) is 49.2 Å². The molecule has 0 unspecified atom stereocenters. The second-order valence-corrected chi connectivity index (χ2v) is 7.55. The summed E-state index contributed by atoms with van der Waals surface area (Å²) in [5.74, 6) is 5.15. The van der Waals surface area contributed by atoms with E-state index in [1.807, 2.05) is 0 Å². The zero-order chi connectivity index (χ0) is 17.5. The fourth-order valence-corrected chi connectivity index (χ4v) is 2.97. The maximum atomic E-state index is 8.60. The van der Waals surface area contributed by atoms with Gasteiger partial charge >= 0.3 is 0 Å². The van der Waals surface area contributed by atoms with Gasteiger partial charge in [-0.05, 0) is 0 Å². The van der Waals surface area contributed by atoms with Gasteiger partial charge in [-0.3, -0.25) is 0 Å². The Hall–Kier alpha value is 1.40. The number of rotatable bonds is 0. The molecule has 0 aliphatic carbocycles. The second-order valence-electron chi connectivity index (χ2n) is 3.52. The van der Waals surface area contributed by atoms with Crippen LogP contribution in [0.15, 0.2) is 0 Å². The smallest absolute Gasteiger partial charge is 0.0777 e. The Morgan fingerprint density at radius 1 is 0.609 bits per heavy atom. The molecule has 0 atom stereocenters. The first kappa shape index (κ1) is 29.2. The topological polar surface area (TPSA) is 203 Å². The maximum Gasteiger partial charge on any atom is 0.0777 e. The van der Waals surface area contributed by atoms with E-state index in [2.05, 4.69) is 34.2 Å². The molecule has 23 heavy (non-hydrogen) atoms. The molecule has 0 spiro atoms. The maximum absolute atomic E-state index is 8.60. The van der Waals surface area contributed by atoms with Crippen molar-refractivity contribution >= 4 is 23.5 Å². The van der Waals surface area contributed by atoms with Gasteiger partial charge in [0.15, 0.2) is 0 Å². The van der Waals surface area contributed by atoms with Crippen LogP contribution in [0.4, 0.5) is 0 Å². The number of nitrogens with one attached hydrogen (secondary N) is 2. The second kappa shape index (κ2) is 18.2. The van der Waals surface area contributed by atoms with E-state index in [4.69, 9.17) is 37.3 Å². The van der Waals surface area contributed by atoms with Crippen LogP contribution in [0.5, 0.6) is 0 Å². The summed E-state index contributed by atoms with van der Waals surface area (Å²) < 4.78 is 65.4. The normalized spacial score (nSPS) is 17.7. The van der Waals surface area contributed by atoms with Crippen molar-refractivity contribution < 1.29 is 74.8 Å². The molecule has 1 radical (unpaired) electrons. The van der Waals surface area contributed by atoms with Crippen molar-refractivity contribution in [1.29, 1.82) is 0 Å². The fourth-order valence-electron chi connectivity index (χ4n) is 1.04. The molecule has 0 bridgehead atoms. The monoisotopic (exact) mass is 469 g/mol. The molecule has 4 N–H and O–H groups in total. The Labute approximate surface area is 158 Å². The van der Waals surface area contributed by atoms with Gasteiger partial charge in [0, 0.05) is 66.3 Å². The predicted octanol–water partition coefficient (Wildman–Crippen LogP) is -7.60. The van der Waals surface area contributed by atoms with E-state index in [0.29, 0.717) is 0 Å². The quantitative estimate of drug-likeness (QED) is 0.244. The Kier molecular flexibility index (Phi) is 23.1. The van der Waals surface area contributed by atoms with Crippen molar-refractivity contribution in [3.63, 3.8) is 0 Å². The Morgan fingerprint density at radius 2 is 0.870 bits per heavy atom. The molecule has 0 saturated carbocycles. The summed E-state index contributed by atoms with van der Waals surface area (Å²) in [5, 5.41) is 6.83. The van der Waals surface area contributed by atoms with Gasteiger partial charge in [-0.2, -0.15) is 51.5 Å². The van der Waals surface area contributed by atoms with Crippen LogP contribution >= 0.6 is 23.5 Å². The minimum Gasteiger partial charge on any atom is -0.315 e. The van der Waals surface area contributed by atoms with Gasteiger partial charge in [-0.15, -0.1) is 0 Å². The third kappa shape index (κ3) is 59.7. The number of hydrogen-bond donors (Lipinski definition) is 4. The Balaban J connectivity index is -0.000000307. The molecule has 1 saturated heterocycles. The van der Waals surface area contributed by atoms with Gasteiger partial charge in [0.05, 0.1) is 29.8 Å². The Morgan fingerprint density at radius 3 is 1.13 bits per heavy atom. The minimum atomic E-state index is -4.69. The fraction of sp³-hybridized carbons (Fsp3) is 1.00. The zero-order valence-electron chi connectivity index (χ0n) is 11.9. The van der Waals surface area contributed by atoms with Gasteiger partial charge in [-0.25, -0.2) is 0 Å². The van der Waals surface area contributed by atoms with Crippen molar-refractivity contribution in [2.45, 2.75) is 0 Å². The van der Waals surface area contributed by atoms with Crippen molar-refractivity contribution in [3.05, 3.63) is 0 Å². The molecular formula is C8H20Cl2CuN2O8S2. The van der Waals surface area contributed by atoms with E-state index in [0.717, 1.165) is 26.2 Å². The molecule has 1 fully saturated rings. The molecule has 0 amide bonds. The first-order valence-electron chi connectivity index (χ1n) is 5.83. The third-order valence-corrected chi connectivity index (χ3v) is 3.93. The van der Waals surface area contributed by atoms with Crippen molar-refractivity contribution in [3.8, 4) is 0 Å². The first-order chi connectivity index (χ1) is 10.0. The summed E-state index contributed by atoms with van der Waals surface area (Å²) in [5.41, 5.74) is 0. The van der Waals surface area contributed by atoms with E-state index >= 15 is 0 Å². The SMILES string of the molecule is C1CNCCSCCSCCN1.[Cu].[O-][Cl+3]([O-])([O-])O.[O-][Cl+3]([O-])([O-])O. The molecule has 1 aliphatic rings. The van der Waals surface area contributed by atoms with Crippen molar-refractivity contribution in [1.82, 2.24) is 10.6 Å². The molecule has 0 aromatic heterocycles. The summed E-state index contributed by atoms with van der Waals surface area (Å²) in [6.45, 7) is 4.56. The van der Waals surface area contributed by atoms with Gasteiger partial charge < -0.3 is 10.6 Å². The van der Waals surface area contributed by atoms with Gasteiger partial charge in [-0.1, -0.05) is 0 Å². The van der Waals surface area contributed by atoms with Crippen LogP contribution in [0.3, 0.4) is 0 Å². The van der Waals surface area contributed by atoms with E-state index < -0.39 is 20.5 Å². The van der Waals surface area contributed by atoms with E-state index in [-0.39, 0.29) is 17.1 Å². The third-order valence-electron chi connectivity index (χ3n) is 1.70. The van der Waals surface area contributed by atoms with Crippen LogP contribution in [-0.2, 0) is 17.1 Å². The summed E-state index contributed by atoms with van der Waals surface area (Å²) in [4.78, 5) is 0. The van der Waals surface area contributed by atoms with E-state index in [1.54, 1.807) is 0 Å². The zero-order valence-corrected chi connectivity index (χ0v) is 16.0. The van der Waals surface area contributed by atoms with E-state index in [9.17, 15) is 0 Å². The molecule has 1 rings (SSSR count). The van der Waals surface area contributed by atoms with Gasteiger partial charge in [0.25, 0.3) is 0 Å². The van der Waals surface area contributed by atoms with Crippen molar-refractivity contribution in [2.24, 2.45) is 0 Å². The number of hydrogen-bond acceptors (Lipinski definition) is 12. The van der Waals surface area contributed by atoms with E-state index in [1.165, 1.54) is 23.0 Å². The number of thioether (sulfide) groups is 2. The van der Waals surface area contributed by atoms with Crippen LogP contribution < -0.4 is 38.6 Å². The van der Waals surface area contributed by atoms with Gasteiger partial charge in [0.1, 0.15) is 0 Å². The van der Waals surface area contributed by atoms with Crippen LogP contribution in [0.25, 0.3) is 0 Å². The first-order valence-corrected chi connectivity index (χ1v) is 10.7. The predicted molar refractivity (Wildman–Crippen MR) is 64.8 cm³/mol. The molecule has 15 heteroatoms. The molecular weight excluding hydrogens is 451 g/mol. The molecule has 1 aliphatic heterocycles. The number of halogens is 2. The molecule has 10 nitrogen and oxygen atoms in total. The van der Waals surface area contributed by atoms with Gasteiger partial charge in [0.2, 0.25) is 0 Å². The molecule has 0 aromatic rings. The minimum absolute atomic E-state index is 0. The summed E-state index contributed by atoms with van der Waals surface area (Å²) in [6.07, 6.45) is 0. The standard InChI is InChI=1S/C8H18N2S2.2ClHO4.Cu/c1-2-10-4-6-12-8-7-11-5-3-9-1;2*2-1(3,4)5;/h9-10H,1-8H2;2*(H,2,3,4,5);. The van der Waals surface area contributed by atoms with Crippen LogP contribution in [-0.4, -0.2) is 58.5 Å². The average Bonchev–Trinajstić information content (AvgIpc) is 2.25. The summed E-state index contributed by atoms with van der Waals surface area (Å²) >= 11 is 4.13. The summed E-state index contributed by atoms with van der Waals surface area (Å²) in [7, 11) is -9.39. The molecule has 1 heterocycles. The largest absolute Gasteiger partial charge is 0.315 e. The van der Waals surface area contributed by atoms with Crippen LogP contribution in [0.2, 0.25) is 0 Å². The van der Waals surface area contributed by atoms with Crippen LogP contribution in [0, 0.1) is 20.5 Å². The van der Waals surface area contributed by atoms with Crippen LogP contribution in [0.1, 0.15) is 0 Å². The average molecular weight is 471 g/mol. The molecule has 147 valence electrons. The Bertz CT molecular complexity index is 184. The molecule has 0 aromatic carbocycles. The summed E-state index contributed by atoms with van der Waals surface area (Å²) in [6, 6.07) is 0.